The van der Waals surface area contributed by atoms with Gasteiger partial charge in [-0.05, 0) is 62.3 Å². The van der Waals surface area contributed by atoms with E-state index in [2.05, 4.69) is 29.4 Å². The zero-order valence-corrected chi connectivity index (χ0v) is 21.2. The van der Waals surface area contributed by atoms with E-state index in [-0.39, 0.29) is 6.61 Å². The van der Waals surface area contributed by atoms with Crippen LogP contribution in [0, 0.1) is 0 Å². The highest BCUT2D eigenvalue weighted by Gasteiger charge is 2.21. The van der Waals surface area contributed by atoms with Crippen LogP contribution in [0.25, 0.3) is 0 Å². The zero-order chi connectivity index (χ0) is 24.8. The molecule has 2 aromatic carbocycles. The number of unbranched alkanes of at least 4 members (excludes halogenated alkanes) is 2. The number of ether oxygens (including phenoxy) is 2. The molecule has 0 radical (unpaired) electrons. The highest BCUT2D eigenvalue weighted by atomic mass is 35.5. The first-order valence-electron chi connectivity index (χ1n) is 11.5. The maximum atomic E-state index is 12.6. The van der Waals surface area contributed by atoms with Crippen molar-refractivity contribution in [2.24, 2.45) is 0 Å². The van der Waals surface area contributed by atoms with Crippen molar-refractivity contribution in [3.63, 3.8) is 0 Å². The SMILES string of the molecule is CCCCN(CCCC)C[C@@H](COC(=O)Nc1cccc(Cl)c1)OC(=O)Nc1cccc(Cl)c1. The van der Waals surface area contributed by atoms with E-state index < -0.39 is 18.3 Å². The molecule has 0 aliphatic heterocycles. The Morgan fingerprint density at radius 3 is 1.91 bits per heavy atom. The standard InChI is InChI=1S/C25H33Cl2N3O4/c1-3-5-13-30(14-6-4-2)17-23(34-25(32)29-22-12-8-10-20(27)16-22)18-33-24(31)28-21-11-7-9-19(26)15-21/h7-12,15-16,23H,3-6,13-14,17-18H2,1-2H3,(H,28,31)(H,29,32)/t23-/m0/s1. The minimum absolute atomic E-state index is 0.0931. The third kappa shape index (κ3) is 11.1. The Morgan fingerprint density at radius 2 is 1.41 bits per heavy atom. The van der Waals surface area contributed by atoms with Crippen LogP contribution in [0.5, 0.6) is 0 Å². The van der Waals surface area contributed by atoms with Crippen molar-refractivity contribution < 1.29 is 19.1 Å². The number of halogens is 2. The van der Waals surface area contributed by atoms with Crippen molar-refractivity contribution in [2.45, 2.75) is 45.6 Å². The molecule has 0 aliphatic carbocycles. The van der Waals surface area contributed by atoms with E-state index in [1.807, 2.05) is 0 Å². The van der Waals surface area contributed by atoms with Crippen LogP contribution < -0.4 is 10.6 Å². The average molecular weight is 510 g/mol. The van der Waals surface area contributed by atoms with E-state index in [0.717, 1.165) is 38.8 Å². The molecular formula is C25H33Cl2N3O4. The third-order valence-corrected chi connectivity index (χ3v) is 5.40. The summed E-state index contributed by atoms with van der Waals surface area (Å²) in [6.07, 6.45) is 2.22. The normalized spacial score (nSPS) is 11.7. The van der Waals surface area contributed by atoms with Gasteiger partial charge < -0.3 is 9.47 Å². The lowest BCUT2D eigenvalue weighted by molar-refractivity contribution is 0.0329. The van der Waals surface area contributed by atoms with Crippen LogP contribution in [-0.4, -0.2) is 49.4 Å². The Kier molecular flexibility index (Phi) is 12.6. The zero-order valence-electron chi connectivity index (χ0n) is 19.7. The Bertz CT molecular complexity index is 905. The smallest absolute Gasteiger partial charge is 0.412 e. The number of rotatable bonds is 13. The summed E-state index contributed by atoms with van der Waals surface area (Å²) in [4.78, 5) is 27.1. The number of nitrogens with zero attached hydrogens (tertiary/aromatic N) is 1. The van der Waals surface area contributed by atoms with Gasteiger partial charge in [-0.1, -0.05) is 62.0 Å². The van der Waals surface area contributed by atoms with E-state index in [1.54, 1.807) is 48.5 Å². The summed E-state index contributed by atoms with van der Waals surface area (Å²) in [5.41, 5.74) is 1.03. The number of nitrogens with one attached hydrogen (secondary N) is 2. The molecule has 2 amide bonds. The minimum atomic E-state index is -0.655. The summed E-state index contributed by atoms with van der Waals surface area (Å²) in [6, 6.07) is 13.5. The molecule has 7 nitrogen and oxygen atoms in total. The second kappa shape index (κ2) is 15.4. The van der Waals surface area contributed by atoms with Crippen LogP contribution in [0.4, 0.5) is 21.0 Å². The first-order valence-corrected chi connectivity index (χ1v) is 12.3. The molecule has 0 unspecified atom stereocenters. The Balaban J connectivity index is 2.01. The van der Waals surface area contributed by atoms with Gasteiger partial charge in [0, 0.05) is 28.0 Å². The van der Waals surface area contributed by atoms with Gasteiger partial charge in [-0.2, -0.15) is 0 Å². The van der Waals surface area contributed by atoms with Crippen molar-refractivity contribution in [3.8, 4) is 0 Å². The molecule has 2 N–H and O–H groups in total. The van der Waals surface area contributed by atoms with E-state index in [4.69, 9.17) is 32.7 Å². The Morgan fingerprint density at radius 1 is 0.882 bits per heavy atom. The Labute approximate surface area is 211 Å². The van der Waals surface area contributed by atoms with E-state index >= 15 is 0 Å². The fourth-order valence-corrected chi connectivity index (χ4v) is 3.60. The maximum absolute atomic E-state index is 12.6. The monoisotopic (exact) mass is 509 g/mol. The molecule has 0 aliphatic rings. The molecule has 0 saturated carbocycles. The molecule has 9 heteroatoms. The van der Waals surface area contributed by atoms with E-state index in [0.29, 0.717) is 28.0 Å². The summed E-state index contributed by atoms with van der Waals surface area (Å²) >= 11 is 11.9. The minimum Gasteiger partial charge on any atom is -0.445 e. The maximum Gasteiger partial charge on any atom is 0.412 e. The Hall–Kier alpha value is -2.48. The molecule has 0 aromatic heterocycles. The van der Waals surface area contributed by atoms with Gasteiger partial charge in [0.25, 0.3) is 0 Å². The predicted octanol–water partition coefficient (Wildman–Crippen LogP) is 7.06. The summed E-state index contributed by atoms with van der Waals surface area (Å²) in [5.74, 6) is 0. The number of anilines is 2. The van der Waals surface area contributed by atoms with Crippen molar-refractivity contribution in [1.82, 2.24) is 4.90 Å². The van der Waals surface area contributed by atoms with Crippen molar-refractivity contribution in [1.29, 1.82) is 0 Å². The summed E-state index contributed by atoms with van der Waals surface area (Å²) < 4.78 is 11.0. The fourth-order valence-electron chi connectivity index (χ4n) is 3.22. The second-order valence-corrected chi connectivity index (χ2v) is 8.78. The molecular weight excluding hydrogens is 477 g/mol. The van der Waals surface area contributed by atoms with Gasteiger partial charge in [-0.3, -0.25) is 15.5 Å². The number of carbonyl (C=O) groups is 2. The largest absolute Gasteiger partial charge is 0.445 e. The highest BCUT2D eigenvalue weighted by molar-refractivity contribution is 6.31. The van der Waals surface area contributed by atoms with Gasteiger partial charge in [0.05, 0.1) is 0 Å². The predicted molar refractivity (Wildman–Crippen MR) is 138 cm³/mol. The number of amides is 2. The fraction of sp³-hybridized carbons (Fsp3) is 0.440. The number of benzene rings is 2. The molecule has 34 heavy (non-hydrogen) atoms. The van der Waals surface area contributed by atoms with Gasteiger partial charge in [0.15, 0.2) is 6.10 Å². The molecule has 0 fully saturated rings. The molecule has 1 atom stereocenters. The third-order valence-electron chi connectivity index (χ3n) is 4.93. The summed E-state index contributed by atoms with van der Waals surface area (Å²) in [7, 11) is 0. The molecule has 0 spiro atoms. The number of hydrogen-bond acceptors (Lipinski definition) is 5. The molecule has 2 aromatic rings. The average Bonchev–Trinajstić information content (AvgIpc) is 2.79. The lowest BCUT2D eigenvalue weighted by Gasteiger charge is -2.27. The van der Waals surface area contributed by atoms with E-state index in [1.165, 1.54) is 0 Å². The molecule has 0 heterocycles. The lowest BCUT2D eigenvalue weighted by Crippen LogP contribution is -2.40. The lowest BCUT2D eigenvalue weighted by atomic mass is 10.2. The van der Waals surface area contributed by atoms with Crippen LogP contribution in [0.2, 0.25) is 10.0 Å². The quantitative estimate of drug-likeness (QED) is 0.302. The van der Waals surface area contributed by atoms with Gasteiger partial charge in [-0.15, -0.1) is 0 Å². The van der Waals surface area contributed by atoms with Gasteiger partial charge in [-0.25, -0.2) is 9.59 Å². The van der Waals surface area contributed by atoms with Crippen LogP contribution in [-0.2, 0) is 9.47 Å². The first kappa shape index (κ1) is 27.8. The number of carbonyl (C=O) groups excluding carboxylic acids is 2. The van der Waals surface area contributed by atoms with E-state index in [9.17, 15) is 9.59 Å². The second-order valence-electron chi connectivity index (χ2n) is 7.90. The highest BCUT2D eigenvalue weighted by Crippen LogP contribution is 2.17. The van der Waals surface area contributed by atoms with Gasteiger partial charge >= 0.3 is 12.2 Å². The molecule has 0 saturated heterocycles. The summed E-state index contributed by atoms with van der Waals surface area (Å²) in [5, 5.41) is 6.30. The van der Waals surface area contributed by atoms with Crippen molar-refractivity contribution in [2.75, 3.05) is 36.9 Å². The van der Waals surface area contributed by atoms with Crippen LogP contribution in [0.15, 0.2) is 48.5 Å². The number of hydrogen-bond donors (Lipinski definition) is 2. The van der Waals surface area contributed by atoms with Crippen LogP contribution in [0.1, 0.15) is 39.5 Å². The van der Waals surface area contributed by atoms with Crippen molar-refractivity contribution >= 4 is 46.8 Å². The molecule has 2 rings (SSSR count). The molecule has 186 valence electrons. The van der Waals surface area contributed by atoms with Gasteiger partial charge in [0.2, 0.25) is 0 Å². The van der Waals surface area contributed by atoms with Crippen molar-refractivity contribution in [3.05, 3.63) is 58.6 Å². The molecule has 0 bridgehead atoms. The van der Waals surface area contributed by atoms with Crippen LogP contribution in [0.3, 0.4) is 0 Å². The first-order chi connectivity index (χ1) is 16.4. The van der Waals surface area contributed by atoms with Gasteiger partial charge in [0.1, 0.15) is 6.61 Å². The summed E-state index contributed by atoms with van der Waals surface area (Å²) in [6.45, 7) is 6.38. The van der Waals surface area contributed by atoms with Crippen LogP contribution >= 0.6 is 23.2 Å². The topological polar surface area (TPSA) is 79.9 Å².